The van der Waals surface area contributed by atoms with E-state index in [4.69, 9.17) is 0 Å². The van der Waals surface area contributed by atoms with Gasteiger partial charge in [0.05, 0.1) is 11.4 Å². The highest BCUT2D eigenvalue weighted by Crippen LogP contribution is 2.28. The van der Waals surface area contributed by atoms with Gasteiger partial charge in [-0.05, 0) is 43.9 Å². The third-order valence-corrected chi connectivity index (χ3v) is 5.20. The minimum absolute atomic E-state index is 0.0428. The molecule has 1 rings (SSSR count). The highest BCUT2D eigenvalue weighted by Gasteiger charge is 2.24. The van der Waals surface area contributed by atoms with Gasteiger partial charge in [-0.2, -0.15) is 0 Å². The van der Waals surface area contributed by atoms with Crippen LogP contribution in [0.2, 0.25) is 0 Å². The van der Waals surface area contributed by atoms with Gasteiger partial charge in [0.15, 0.2) is 5.12 Å². The van der Waals surface area contributed by atoms with Crippen LogP contribution in [0, 0.1) is 26.7 Å². The molecule has 0 aromatic heterocycles. The van der Waals surface area contributed by atoms with Gasteiger partial charge in [0, 0.05) is 5.92 Å². The molecule has 0 bridgehead atoms. The number of carbonyl (C=O) groups is 3. The summed E-state index contributed by atoms with van der Waals surface area (Å²) < 4.78 is 0. The number of hydrogen-bond donors (Lipinski definition) is 1. The molecule has 0 saturated carbocycles. The molecular formula is C18H25NO4S. The molecular weight excluding hydrogens is 326 g/mol. The summed E-state index contributed by atoms with van der Waals surface area (Å²) in [5.41, 5.74) is 3.33. The van der Waals surface area contributed by atoms with E-state index in [0.29, 0.717) is 5.69 Å². The van der Waals surface area contributed by atoms with Crippen LogP contribution in [0.3, 0.4) is 0 Å². The number of anilines is 1. The van der Waals surface area contributed by atoms with Crippen molar-refractivity contribution < 1.29 is 19.5 Å². The molecule has 6 heteroatoms. The van der Waals surface area contributed by atoms with Crippen molar-refractivity contribution in [1.29, 1.82) is 0 Å². The maximum absolute atomic E-state index is 12.6. The van der Waals surface area contributed by atoms with Crippen molar-refractivity contribution in [1.82, 2.24) is 0 Å². The molecule has 0 radical (unpaired) electrons. The van der Waals surface area contributed by atoms with Crippen LogP contribution in [0.15, 0.2) is 12.1 Å². The molecule has 132 valence electrons. The second-order valence-corrected chi connectivity index (χ2v) is 6.94. The Morgan fingerprint density at radius 1 is 1.17 bits per heavy atom. The van der Waals surface area contributed by atoms with Crippen molar-refractivity contribution in [3.8, 4) is 0 Å². The van der Waals surface area contributed by atoms with Gasteiger partial charge in [0.2, 0.25) is 5.91 Å². The fraction of sp³-hybridized carbons (Fsp3) is 0.500. The van der Waals surface area contributed by atoms with Crippen molar-refractivity contribution >= 4 is 34.4 Å². The topological polar surface area (TPSA) is 74.7 Å². The minimum atomic E-state index is -1.08. The van der Waals surface area contributed by atoms with Crippen LogP contribution in [0.4, 0.5) is 5.69 Å². The van der Waals surface area contributed by atoms with Crippen molar-refractivity contribution in [3.05, 3.63) is 28.8 Å². The summed E-state index contributed by atoms with van der Waals surface area (Å²) >= 11 is 0.960. The van der Waals surface area contributed by atoms with Gasteiger partial charge in [0.1, 0.15) is 6.54 Å². The quantitative estimate of drug-likeness (QED) is 0.815. The van der Waals surface area contributed by atoms with Crippen molar-refractivity contribution in [2.24, 2.45) is 5.92 Å². The zero-order valence-corrected chi connectivity index (χ0v) is 15.7. The number of rotatable bonds is 7. The predicted octanol–water partition coefficient (Wildman–Crippen LogP) is 3.34. The normalized spacial score (nSPS) is 11.9. The smallest absolute Gasteiger partial charge is 0.323 e. The molecule has 0 aliphatic heterocycles. The fourth-order valence-corrected chi connectivity index (χ4v) is 3.17. The second-order valence-electron chi connectivity index (χ2n) is 5.96. The van der Waals surface area contributed by atoms with Gasteiger partial charge < -0.3 is 5.11 Å². The maximum Gasteiger partial charge on any atom is 0.323 e. The van der Waals surface area contributed by atoms with Gasteiger partial charge in [-0.25, -0.2) is 0 Å². The standard InChI is InChI=1S/C18H25NO4S/c1-6-11(2)18(23)24-10-15(20)19(9-16(21)22)17-13(4)8-7-12(3)14(17)5/h7-8,11H,6,9-10H2,1-5H3,(H,21,22). The molecule has 0 aliphatic rings. The number of amides is 1. The monoisotopic (exact) mass is 351 g/mol. The van der Waals surface area contributed by atoms with Crippen LogP contribution in [0.25, 0.3) is 0 Å². The first-order valence-electron chi connectivity index (χ1n) is 7.94. The van der Waals surface area contributed by atoms with E-state index in [2.05, 4.69) is 0 Å². The average Bonchev–Trinajstić information content (AvgIpc) is 2.53. The van der Waals surface area contributed by atoms with E-state index in [1.165, 1.54) is 4.90 Å². The molecule has 5 nitrogen and oxygen atoms in total. The minimum Gasteiger partial charge on any atom is -0.480 e. The molecule has 1 aromatic rings. The van der Waals surface area contributed by atoms with Crippen molar-refractivity contribution in [2.45, 2.75) is 41.0 Å². The van der Waals surface area contributed by atoms with Crippen LogP contribution in [0.1, 0.15) is 37.0 Å². The number of thioether (sulfide) groups is 1. The number of carboxylic acid groups (broad SMARTS) is 1. The first-order chi connectivity index (χ1) is 11.2. The Kier molecular flexibility index (Phi) is 7.48. The number of aryl methyl sites for hydroxylation is 2. The largest absolute Gasteiger partial charge is 0.480 e. The van der Waals surface area contributed by atoms with Gasteiger partial charge in [0.25, 0.3) is 0 Å². The Balaban J connectivity index is 3.06. The summed E-state index contributed by atoms with van der Waals surface area (Å²) in [7, 11) is 0. The average molecular weight is 351 g/mol. The highest BCUT2D eigenvalue weighted by molar-refractivity contribution is 8.14. The number of aliphatic carboxylic acids is 1. The second kappa shape index (κ2) is 8.87. The zero-order chi connectivity index (χ0) is 18.4. The lowest BCUT2D eigenvalue weighted by molar-refractivity contribution is -0.136. The predicted molar refractivity (Wildman–Crippen MR) is 97.6 cm³/mol. The Labute approximate surface area is 147 Å². The summed E-state index contributed by atoms with van der Waals surface area (Å²) in [6, 6.07) is 3.82. The van der Waals surface area contributed by atoms with Gasteiger partial charge in [-0.1, -0.05) is 37.7 Å². The van der Waals surface area contributed by atoms with E-state index < -0.39 is 12.5 Å². The van der Waals surface area contributed by atoms with Crippen LogP contribution >= 0.6 is 11.8 Å². The van der Waals surface area contributed by atoms with Crippen LogP contribution < -0.4 is 4.90 Å². The Morgan fingerprint density at radius 3 is 2.29 bits per heavy atom. The third-order valence-electron chi connectivity index (χ3n) is 4.12. The van der Waals surface area contributed by atoms with Crippen LogP contribution in [-0.4, -0.2) is 34.4 Å². The number of hydrogen-bond acceptors (Lipinski definition) is 4. The molecule has 0 heterocycles. The van der Waals surface area contributed by atoms with E-state index in [1.807, 2.05) is 46.8 Å². The summed E-state index contributed by atoms with van der Waals surface area (Å²) in [4.78, 5) is 37.0. The number of carboxylic acids is 1. The SMILES string of the molecule is CCC(C)C(=O)SCC(=O)N(CC(=O)O)c1c(C)ccc(C)c1C. The molecule has 0 spiro atoms. The van der Waals surface area contributed by atoms with Crippen LogP contribution in [0.5, 0.6) is 0 Å². The number of benzene rings is 1. The number of nitrogens with zero attached hydrogens (tertiary/aromatic N) is 1. The van der Waals surface area contributed by atoms with Gasteiger partial charge in [-0.15, -0.1) is 0 Å². The lowest BCUT2D eigenvalue weighted by Gasteiger charge is -2.25. The Hall–Kier alpha value is -1.82. The Bertz CT molecular complexity index is 642. The van der Waals surface area contributed by atoms with Crippen molar-refractivity contribution in [3.63, 3.8) is 0 Å². The molecule has 1 atom stereocenters. The lowest BCUT2D eigenvalue weighted by atomic mass is 10.0. The molecule has 1 unspecified atom stereocenters. The van der Waals surface area contributed by atoms with Crippen LogP contribution in [-0.2, 0) is 14.4 Å². The molecule has 1 amide bonds. The summed E-state index contributed by atoms with van der Waals surface area (Å²) in [5.74, 6) is -1.61. The van der Waals surface area contributed by atoms with Crippen molar-refractivity contribution in [2.75, 3.05) is 17.2 Å². The third kappa shape index (κ3) is 5.09. The van der Waals surface area contributed by atoms with E-state index in [0.717, 1.165) is 34.9 Å². The first-order valence-corrected chi connectivity index (χ1v) is 8.93. The molecule has 0 saturated heterocycles. The van der Waals surface area contributed by atoms with E-state index in [1.54, 1.807) is 0 Å². The van der Waals surface area contributed by atoms with Gasteiger partial charge in [-0.3, -0.25) is 19.3 Å². The zero-order valence-electron chi connectivity index (χ0n) is 14.9. The Morgan fingerprint density at radius 2 is 1.75 bits per heavy atom. The molecule has 1 aromatic carbocycles. The lowest BCUT2D eigenvalue weighted by Crippen LogP contribution is -2.38. The van der Waals surface area contributed by atoms with E-state index in [-0.39, 0.29) is 22.7 Å². The van der Waals surface area contributed by atoms with Gasteiger partial charge >= 0.3 is 5.97 Å². The molecule has 0 fully saturated rings. The summed E-state index contributed by atoms with van der Waals surface area (Å²) in [5, 5.41) is 9.14. The maximum atomic E-state index is 12.6. The molecule has 24 heavy (non-hydrogen) atoms. The molecule has 1 N–H and O–H groups in total. The number of carbonyl (C=O) groups excluding carboxylic acids is 2. The molecule has 0 aliphatic carbocycles. The fourth-order valence-electron chi connectivity index (χ4n) is 2.30. The van der Waals surface area contributed by atoms with E-state index in [9.17, 15) is 19.5 Å². The first kappa shape index (κ1) is 20.2. The summed E-state index contributed by atoms with van der Waals surface area (Å²) in [6.45, 7) is 8.97. The highest BCUT2D eigenvalue weighted by atomic mass is 32.2. The summed E-state index contributed by atoms with van der Waals surface area (Å²) in [6.07, 6.45) is 0.717. The van der Waals surface area contributed by atoms with E-state index >= 15 is 0 Å².